The van der Waals surface area contributed by atoms with Crippen LogP contribution in [0.2, 0.25) is 0 Å². The average molecular weight is 425 g/mol. The van der Waals surface area contributed by atoms with Crippen LogP contribution in [0.3, 0.4) is 0 Å². The third-order valence-corrected chi connectivity index (χ3v) is 5.31. The van der Waals surface area contributed by atoms with Crippen LogP contribution in [-0.4, -0.2) is 27.8 Å². The first-order chi connectivity index (χ1) is 15.7. The highest BCUT2D eigenvalue weighted by Gasteiger charge is 2.07. The number of aliphatic imine (C=N–C) groups is 1. The van der Waals surface area contributed by atoms with E-state index in [0.29, 0.717) is 13.1 Å². The Balaban J connectivity index is 1.40. The second kappa shape index (κ2) is 10.4. The van der Waals surface area contributed by atoms with Crippen molar-refractivity contribution in [3.63, 3.8) is 0 Å². The maximum Gasteiger partial charge on any atom is 0.191 e. The smallest absolute Gasteiger partial charge is 0.191 e. The largest absolute Gasteiger partial charge is 0.352 e. The number of hydrogen-bond acceptors (Lipinski definition) is 3. The lowest BCUT2D eigenvalue weighted by molar-refractivity contribution is 0.685. The second-order valence-electron chi connectivity index (χ2n) is 7.72. The van der Waals surface area contributed by atoms with Crippen LogP contribution in [-0.2, 0) is 19.6 Å². The number of benzene rings is 3. The van der Waals surface area contributed by atoms with Crippen molar-refractivity contribution in [3.05, 3.63) is 108 Å². The first kappa shape index (κ1) is 21.3. The zero-order valence-electron chi connectivity index (χ0n) is 18.5. The van der Waals surface area contributed by atoms with E-state index in [1.165, 1.54) is 33.4 Å². The Morgan fingerprint density at radius 2 is 1.72 bits per heavy atom. The Hall–Kier alpha value is -3.93. The topological polar surface area (TPSA) is 67.1 Å². The number of nitrogens with zero attached hydrogens (tertiary/aromatic N) is 4. The van der Waals surface area contributed by atoms with E-state index in [0.717, 1.165) is 12.5 Å². The Morgan fingerprint density at radius 3 is 2.47 bits per heavy atom. The molecule has 1 heterocycles. The van der Waals surface area contributed by atoms with Crippen molar-refractivity contribution in [1.82, 2.24) is 25.4 Å². The minimum absolute atomic E-state index is 0.685. The predicted octanol–water partition coefficient (Wildman–Crippen LogP) is 4.17. The fourth-order valence-electron chi connectivity index (χ4n) is 3.65. The lowest BCUT2D eigenvalue weighted by atomic mass is 9.98. The Bertz CT molecular complexity index is 1160. The van der Waals surface area contributed by atoms with Gasteiger partial charge in [0.05, 0.1) is 6.54 Å². The fraction of sp³-hybridized carbons (Fsp3) is 0.192. The van der Waals surface area contributed by atoms with Crippen LogP contribution < -0.4 is 10.6 Å². The van der Waals surface area contributed by atoms with E-state index in [1.54, 1.807) is 19.7 Å². The zero-order valence-corrected chi connectivity index (χ0v) is 18.5. The van der Waals surface area contributed by atoms with E-state index < -0.39 is 0 Å². The van der Waals surface area contributed by atoms with E-state index in [1.807, 2.05) is 4.68 Å². The van der Waals surface area contributed by atoms with Crippen LogP contribution in [0.15, 0.2) is 90.4 Å². The van der Waals surface area contributed by atoms with Crippen LogP contribution in [0.5, 0.6) is 0 Å². The molecule has 1 aromatic heterocycles. The maximum absolute atomic E-state index is 4.37. The molecule has 0 saturated heterocycles. The summed E-state index contributed by atoms with van der Waals surface area (Å²) in [7, 11) is 1.80. The molecule has 3 aromatic carbocycles. The SMILES string of the molecule is CN=C(NCc1cccc(C)c1)NCc1ccccc1-c1ccc(Cn2cncn2)cc1. The molecule has 162 valence electrons. The van der Waals surface area contributed by atoms with Gasteiger partial charge in [0.15, 0.2) is 5.96 Å². The van der Waals surface area contributed by atoms with Gasteiger partial charge in [0.1, 0.15) is 12.7 Å². The minimum atomic E-state index is 0.685. The number of rotatable bonds is 7. The summed E-state index contributed by atoms with van der Waals surface area (Å²) >= 11 is 0. The van der Waals surface area contributed by atoms with E-state index in [2.05, 4.69) is 105 Å². The highest BCUT2D eigenvalue weighted by Crippen LogP contribution is 2.24. The first-order valence-electron chi connectivity index (χ1n) is 10.7. The van der Waals surface area contributed by atoms with Crippen LogP contribution in [0.25, 0.3) is 11.1 Å². The van der Waals surface area contributed by atoms with E-state index in [9.17, 15) is 0 Å². The standard InChI is InChI=1S/C26H28N6/c1-20-6-5-7-22(14-20)15-29-26(27-2)30-16-24-8-3-4-9-25(24)23-12-10-21(11-13-23)17-32-19-28-18-31-32/h3-14,18-19H,15-17H2,1-2H3,(H2,27,29,30). The summed E-state index contributed by atoms with van der Waals surface area (Å²) in [6.45, 7) is 4.24. The monoisotopic (exact) mass is 424 g/mol. The Kier molecular flexibility index (Phi) is 6.92. The number of nitrogens with one attached hydrogen (secondary N) is 2. The quantitative estimate of drug-likeness (QED) is 0.345. The van der Waals surface area contributed by atoms with E-state index in [-0.39, 0.29) is 0 Å². The molecule has 0 saturated carbocycles. The molecule has 0 aliphatic heterocycles. The van der Waals surface area contributed by atoms with Gasteiger partial charge in [0, 0.05) is 20.1 Å². The van der Waals surface area contributed by atoms with Gasteiger partial charge in [-0.25, -0.2) is 9.67 Å². The van der Waals surface area contributed by atoms with Gasteiger partial charge in [-0.2, -0.15) is 5.10 Å². The molecule has 4 rings (SSSR count). The molecule has 0 spiro atoms. The van der Waals surface area contributed by atoms with Gasteiger partial charge in [0.25, 0.3) is 0 Å². The molecule has 0 unspecified atom stereocenters. The Morgan fingerprint density at radius 1 is 0.906 bits per heavy atom. The minimum Gasteiger partial charge on any atom is -0.352 e. The normalized spacial score (nSPS) is 11.4. The van der Waals surface area contributed by atoms with Crippen molar-refractivity contribution in [2.45, 2.75) is 26.6 Å². The number of guanidine groups is 1. The lowest BCUT2D eigenvalue weighted by Gasteiger charge is -2.15. The number of hydrogen-bond donors (Lipinski definition) is 2. The molecule has 0 bridgehead atoms. The summed E-state index contributed by atoms with van der Waals surface area (Å²) in [6, 6.07) is 25.6. The molecule has 2 N–H and O–H groups in total. The molecule has 0 aliphatic rings. The summed E-state index contributed by atoms with van der Waals surface area (Å²) < 4.78 is 1.82. The molecule has 32 heavy (non-hydrogen) atoms. The summed E-state index contributed by atoms with van der Waals surface area (Å²) in [5.41, 5.74) is 7.30. The van der Waals surface area contributed by atoms with E-state index >= 15 is 0 Å². The molecule has 4 aromatic rings. The average Bonchev–Trinajstić information content (AvgIpc) is 3.33. The van der Waals surface area contributed by atoms with Crippen LogP contribution in [0, 0.1) is 6.92 Å². The van der Waals surface area contributed by atoms with Gasteiger partial charge in [0.2, 0.25) is 0 Å². The van der Waals surface area contributed by atoms with Crippen LogP contribution >= 0.6 is 0 Å². The Labute approximate surface area is 189 Å². The van der Waals surface area contributed by atoms with Crippen LogP contribution in [0.4, 0.5) is 0 Å². The van der Waals surface area contributed by atoms with Crippen molar-refractivity contribution in [3.8, 4) is 11.1 Å². The number of aryl methyl sites for hydroxylation is 1. The summed E-state index contributed by atoms with van der Waals surface area (Å²) in [4.78, 5) is 8.37. The maximum atomic E-state index is 4.37. The molecule has 6 nitrogen and oxygen atoms in total. The molecule has 0 radical (unpaired) electrons. The van der Waals surface area contributed by atoms with Gasteiger partial charge in [-0.1, -0.05) is 78.4 Å². The highest BCUT2D eigenvalue weighted by molar-refractivity contribution is 5.80. The molecule has 0 fully saturated rings. The van der Waals surface area contributed by atoms with Gasteiger partial charge in [-0.05, 0) is 34.7 Å². The summed E-state index contributed by atoms with van der Waals surface area (Å²) in [5, 5.41) is 11.0. The van der Waals surface area contributed by atoms with Crippen molar-refractivity contribution in [2.24, 2.45) is 4.99 Å². The molecule has 0 atom stereocenters. The van der Waals surface area contributed by atoms with Crippen molar-refractivity contribution < 1.29 is 0 Å². The van der Waals surface area contributed by atoms with Crippen molar-refractivity contribution in [2.75, 3.05) is 7.05 Å². The van der Waals surface area contributed by atoms with Gasteiger partial charge >= 0.3 is 0 Å². The zero-order chi connectivity index (χ0) is 22.2. The molecular weight excluding hydrogens is 396 g/mol. The summed E-state index contributed by atoms with van der Waals surface area (Å²) in [6.07, 6.45) is 3.29. The predicted molar refractivity (Wildman–Crippen MR) is 129 cm³/mol. The van der Waals surface area contributed by atoms with E-state index in [4.69, 9.17) is 0 Å². The second-order valence-corrected chi connectivity index (χ2v) is 7.72. The number of aromatic nitrogens is 3. The third kappa shape index (κ3) is 5.60. The first-order valence-corrected chi connectivity index (χ1v) is 10.7. The van der Waals surface area contributed by atoms with Crippen LogP contribution in [0.1, 0.15) is 22.3 Å². The van der Waals surface area contributed by atoms with Crippen molar-refractivity contribution >= 4 is 5.96 Å². The molecule has 0 aliphatic carbocycles. The van der Waals surface area contributed by atoms with Gasteiger partial charge in [-0.15, -0.1) is 0 Å². The lowest BCUT2D eigenvalue weighted by Crippen LogP contribution is -2.36. The van der Waals surface area contributed by atoms with Gasteiger partial charge < -0.3 is 10.6 Å². The fourth-order valence-corrected chi connectivity index (χ4v) is 3.65. The molecule has 0 amide bonds. The van der Waals surface area contributed by atoms with Crippen molar-refractivity contribution in [1.29, 1.82) is 0 Å². The highest BCUT2D eigenvalue weighted by atomic mass is 15.3. The summed E-state index contributed by atoms with van der Waals surface area (Å²) in [5.74, 6) is 0.782. The third-order valence-electron chi connectivity index (χ3n) is 5.31. The molecular formula is C26H28N6. The van der Waals surface area contributed by atoms with Gasteiger partial charge in [-0.3, -0.25) is 4.99 Å². The molecule has 6 heteroatoms.